The van der Waals surface area contributed by atoms with Crippen LogP contribution in [0.4, 0.5) is 4.39 Å². The van der Waals surface area contributed by atoms with Crippen molar-refractivity contribution in [2.75, 3.05) is 0 Å². The first-order valence-electron chi connectivity index (χ1n) is 2.10. The first kappa shape index (κ1) is 8.03. The zero-order valence-corrected chi connectivity index (χ0v) is 9.97. The maximum atomic E-state index is 11.9. The first-order chi connectivity index (χ1) is 3.39. The van der Waals surface area contributed by atoms with Gasteiger partial charge in [-0.3, -0.25) is 0 Å². The van der Waals surface area contributed by atoms with Crippen LogP contribution in [0.2, 0.25) is 0 Å². The fourth-order valence-corrected chi connectivity index (χ4v) is 0.415. The van der Waals surface area contributed by atoms with Crippen LogP contribution in [-0.4, -0.2) is 26.2 Å². The van der Waals surface area contributed by atoms with Gasteiger partial charge in [0.15, 0.2) is 0 Å². The molecule has 0 unspecified atom stereocenters. The van der Waals surface area contributed by atoms with Crippen molar-refractivity contribution >= 4 is 26.2 Å². The van der Waals surface area contributed by atoms with E-state index in [1.807, 2.05) is 0 Å². The molecule has 0 radical (unpaired) electrons. The van der Waals surface area contributed by atoms with Crippen LogP contribution in [0, 0.1) is 5.82 Å². The molecule has 0 heterocycles. The number of halogens is 1. The summed E-state index contributed by atoms with van der Waals surface area (Å²) in [7, 11) is 0. The molecule has 2 heteroatoms. The summed E-state index contributed by atoms with van der Waals surface area (Å²) in [6.07, 6.45) is 0. The summed E-state index contributed by atoms with van der Waals surface area (Å²) in [5.41, 5.74) is 0. The van der Waals surface area contributed by atoms with Gasteiger partial charge >= 0.3 is 26.2 Å². The molecule has 44 valence electrons. The molecule has 0 amide bonds. The molecule has 0 spiro atoms. The fourth-order valence-electron chi connectivity index (χ4n) is 0.415. The van der Waals surface area contributed by atoms with Crippen LogP contribution in [0.25, 0.3) is 0 Å². The van der Waals surface area contributed by atoms with E-state index in [0.717, 1.165) is 0 Å². The third-order valence-corrected chi connectivity index (χ3v) is 0.733. The molecule has 0 saturated carbocycles. The number of rotatable bonds is 0. The Bertz CT molecular complexity index is 138. The molecular weight excluding hydrogens is 300 g/mol. The molecule has 0 N–H and O–H groups in total. The third kappa shape index (κ3) is 2.37. The molecule has 0 bridgehead atoms. The summed E-state index contributed by atoms with van der Waals surface area (Å²) in [5.74, 6) is -0.178. The van der Waals surface area contributed by atoms with Gasteiger partial charge in [-0.2, -0.15) is 0 Å². The summed E-state index contributed by atoms with van der Waals surface area (Å²) in [5, 5.41) is 0. The average molecular weight is 308 g/mol. The minimum absolute atomic E-state index is 0. The van der Waals surface area contributed by atoms with Crippen molar-refractivity contribution in [2.24, 2.45) is 0 Å². The Hall–Kier alpha value is 0.0331. The van der Waals surface area contributed by atoms with Gasteiger partial charge in [0.25, 0.3) is 0 Å². The van der Waals surface area contributed by atoms with E-state index in [1.165, 1.54) is 12.1 Å². The van der Waals surface area contributed by atoms with Gasteiger partial charge in [0.05, 0.1) is 0 Å². The second-order valence-electron chi connectivity index (χ2n) is 1.30. The first-order valence-corrected chi connectivity index (χ1v) is 2.10. The van der Waals surface area contributed by atoms with Gasteiger partial charge in [-0.25, -0.2) is 4.39 Å². The number of benzene rings is 1. The molecule has 1 rings (SSSR count). The van der Waals surface area contributed by atoms with E-state index >= 15 is 0 Å². The van der Waals surface area contributed by atoms with Gasteiger partial charge < -0.3 is 0 Å². The third-order valence-electron chi connectivity index (χ3n) is 0.733. The number of hydrogen-bond acceptors (Lipinski definition) is 0. The topological polar surface area (TPSA) is 0 Å². The van der Waals surface area contributed by atoms with Crippen molar-refractivity contribution in [3.63, 3.8) is 0 Å². The summed E-state index contributed by atoms with van der Waals surface area (Å²) in [4.78, 5) is 0. The van der Waals surface area contributed by atoms with Crippen molar-refractivity contribution in [3.05, 3.63) is 36.1 Å². The predicted molar refractivity (Wildman–Crippen MR) is 36.3 cm³/mol. The Morgan fingerprint density at radius 2 is 1.50 bits per heavy atom. The monoisotopic (exact) mass is 308 g/mol. The molecule has 0 aromatic heterocycles. The molecule has 0 nitrogen and oxygen atoms in total. The molecule has 0 aliphatic rings. The van der Waals surface area contributed by atoms with E-state index in [4.69, 9.17) is 0 Å². The van der Waals surface area contributed by atoms with Crippen molar-refractivity contribution < 1.29 is 4.39 Å². The van der Waals surface area contributed by atoms with Crippen LogP contribution in [-0.2, 0) is 0 Å². The van der Waals surface area contributed by atoms with Gasteiger partial charge in [0.2, 0.25) is 0 Å². The summed E-state index contributed by atoms with van der Waals surface area (Å²) in [6, 6.07) is 7.94. The van der Waals surface area contributed by atoms with Crippen molar-refractivity contribution in [1.82, 2.24) is 0 Å². The molecule has 0 fully saturated rings. The number of hydrogen-bond donors (Lipinski definition) is 0. The molecule has 0 aliphatic heterocycles. The summed E-state index contributed by atoms with van der Waals surface area (Å²) < 4.78 is 11.9. The van der Waals surface area contributed by atoms with E-state index in [9.17, 15) is 4.39 Å². The molecule has 1 aromatic rings. The normalized spacial score (nSPS) is 7.62. The quantitative estimate of drug-likeness (QED) is 0.617. The van der Waals surface area contributed by atoms with Crippen LogP contribution in [0.1, 0.15) is 0 Å². The van der Waals surface area contributed by atoms with Gasteiger partial charge in [-0.1, -0.05) is 18.2 Å². The second kappa shape index (κ2) is 3.97. The summed E-state index contributed by atoms with van der Waals surface area (Å²) >= 11 is 0. The maximum absolute atomic E-state index is 11.9. The Morgan fingerprint density at radius 1 is 1.00 bits per heavy atom. The van der Waals surface area contributed by atoms with Gasteiger partial charge in [0.1, 0.15) is 5.82 Å². The molecule has 0 saturated heterocycles. The predicted octanol–water partition coefficient (Wildman–Crippen LogP) is 0.642. The Morgan fingerprint density at radius 3 is 1.75 bits per heavy atom. The van der Waals surface area contributed by atoms with E-state index in [0.29, 0.717) is 0 Å². The van der Waals surface area contributed by atoms with E-state index in [-0.39, 0.29) is 32.0 Å². The minimum atomic E-state index is -0.178. The Kier molecular flexibility index (Phi) is 3.98. The Balaban J connectivity index is 0.000000490. The van der Waals surface area contributed by atoms with Crippen LogP contribution in [0.5, 0.6) is 0 Å². The zero-order valence-electron chi connectivity index (χ0n) is 4.47. The second-order valence-corrected chi connectivity index (χ2v) is 1.30. The molecular formula is C6H8BiF. The van der Waals surface area contributed by atoms with Gasteiger partial charge in [-0.05, 0) is 12.1 Å². The van der Waals surface area contributed by atoms with E-state index in [2.05, 4.69) is 0 Å². The summed E-state index contributed by atoms with van der Waals surface area (Å²) in [6.45, 7) is 0. The SMILES string of the molecule is Fc1ccccc1.[BiH3]. The van der Waals surface area contributed by atoms with Crippen LogP contribution in [0.3, 0.4) is 0 Å². The van der Waals surface area contributed by atoms with Gasteiger partial charge in [-0.15, -0.1) is 0 Å². The molecule has 8 heavy (non-hydrogen) atoms. The van der Waals surface area contributed by atoms with E-state index < -0.39 is 0 Å². The van der Waals surface area contributed by atoms with Crippen molar-refractivity contribution in [2.45, 2.75) is 0 Å². The molecule has 0 atom stereocenters. The van der Waals surface area contributed by atoms with Crippen LogP contribution in [0.15, 0.2) is 30.3 Å². The van der Waals surface area contributed by atoms with Gasteiger partial charge in [0, 0.05) is 0 Å². The molecule has 1 aromatic carbocycles. The zero-order chi connectivity index (χ0) is 5.11. The van der Waals surface area contributed by atoms with Crippen LogP contribution < -0.4 is 0 Å². The fraction of sp³-hybridized carbons (Fsp3) is 0. The van der Waals surface area contributed by atoms with E-state index in [1.54, 1.807) is 18.2 Å². The standard InChI is InChI=1S/C6H5F.Bi.3H/c7-6-4-2-1-3-5-6;;;;/h1-5H;;;;. The molecule has 0 aliphatic carbocycles. The Labute approximate surface area is 66.8 Å². The van der Waals surface area contributed by atoms with Crippen molar-refractivity contribution in [1.29, 1.82) is 0 Å². The van der Waals surface area contributed by atoms with Crippen LogP contribution >= 0.6 is 0 Å². The average Bonchev–Trinajstić information content (AvgIpc) is 1.69. The van der Waals surface area contributed by atoms with Crippen molar-refractivity contribution in [3.8, 4) is 0 Å².